The van der Waals surface area contributed by atoms with Gasteiger partial charge < -0.3 is 10.0 Å². The molecule has 0 unspecified atom stereocenters. The third kappa shape index (κ3) is 3.13. The second-order valence-corrected chi connectivity index (χ2v) is 6.25. The monoisotopic (exact) mass is 269 g/mol. The summed E-state index contributed by atoms with van der Waals surface area (Å²) in [6, 6.07) is 16.2. The molecule has 0 saturated carbocycles. The number of benzene rings is 2. The van der Waals surface area contributed by atoms with Gasteiger partial charge in [0.25, 0.3) is 0 Å². The minimum Gasteiger partial charge on any atom is -0.507 e. The molecule has 2 aromatic rings. The molecule has 1 N–H and O–H groups in total. The number of phenolic OH excluding ortho intramolecular Hbond substituents is 1. The van der Waals surface area contributed by atoms with Crippen molar-refractivity contribution in [1.82, 2.24) is 0 Å². The minimum atomic E-state index is -0.0502. The maximum Gasteiger partial charge on any atom is 0.124 e. The summed E-state index contributed by atoms with van der Waals surface area (Å²) in [5.41, 5.74) is 3.05. The van der Waals surface area contributed by atoms with Crippen molar-refractivity contribution in [2.45, 2.75) is 32.7 Å². The Morgan fingerprint density at radius 1 is 0.950 bits per heavy atom. The number of phenols is 1. The van der Waals surface area contributed by atoms with E-state index in [4.69, 9.17) is 0 Å². The van der Waals surface area contributed by atoms with Crippen molar-refractivity contribution < 1.29 is 5.11 Å². The fourth-order valence-corrected chi connectivity index (χ4v) is 2.35. The van der Waals surface area contributed by atoms with Crippen molar-refractivity contribution in [3.63, 3.8) is 0 Å². The quantitative estimate of drug-likeness (QED) is 0.896. The Bertz CT molecular complexity index is 570. The van der Waals surface area contributed by atoms with Crippen LogP contribution in [0.25, 0.3) is 0 Å². The van der Waals surface area contributed by atoms with Gasteiger partial charge in [0.15, 0.2) is 0 Å². The smallest absolute Gasteiger partial charge is 0.124 e. The van der Waals surface area contributed by atoms with Gasteiger partial charge in [0.1, 0.15) is 5.75 Å². The van der Waals surface area contributed by atoms with Crippen LogP contribution in [0.3, 0.4) is 0 Å². The van der Waals surface area contributed by atoms with Gasteiger partial charge in [-0.3, -0.25) is 0 Å². The summed E-state index contributed by atoms with van der Waals surface area (Å²) in [5, 5.41) is 10.5. The lowest BCUT2D eigenvalue weighted by Crippen LogP contribution is -2.18. The predicted octanol–water partition coefficient (Wildman–Crippen LogP) is 4.33. The molecule has 106 valence electrons. The lowest BCUT2D eigenvalue weighted by atomic mass is 9.85. The molecule has 0 heterocycles. The molecule has 2 nitrogen and oxygen atoms in total. The minimum absolute atomic E-state index is 0.0502. The van der Waals surface area contributed by atoms with Crippen molar-refractivity contribution in [3.05, 3.63) is 59.7 Å². The molecule has 0 radical (unpaired) electrons. The fraction of sp³-hybridized carbons (Fsp3) is 0.333. The summed E-state index contributed by atoms with van der Waals surface area (Å²) in [6.45, 7) is 7.05. The number of hydrogen-bond donors (Lipinski definition) is 1. The largest absolute Gasteiger partial charge is 0.507 e. The van der Waals surface area contributed by atoms with E-state index in [-0.39, 0.29) is 5.41 Å². The van der Waals surface area contributed by atoms with Crippen LogP contribution in [0.15, 0.2) is 48.5 Å². The van der Waals surface area contributed by atoms with Crippen molar-refractivity contribution in [2.24, 2.45) is 0 Å². The number of rotatable bonds is 3. The first-order valence-corrected chi connectivity index (χ1v) is 6.97. The van der Waals surface area contributed by atoms with E-state index in [1.807, 2.05) is 43.4 Å². The molecule has 0 aliphatic rings. The second kappa shape index (κ2) is 5.58. The van der Waals surface area contributed by atoms with Gasteiger partial charge in [-0.1, -0.05) is 57.2 Å². The molecule has 0 aliphatic heterocycles. The van der Waals surface area contributed by atoms with E-state index in [9.17, 15) is 5.11 Å². The fourth-order valence-electron chi connectivity index (χ4n) is 2.35. The van der Waals surface area contributed by atoms with E-state index < -0.39 is 0 Å². The molecule has 2 heteroatoms. The Hall–Kier alpha value is -1.96. The highest BCUT2D eigenvalue weighted by atomic mass is 16.3. The topological polar surface area (TPSA) is 23.5 Å². The third-order valence-electron chi connectivity index (χ3n) is 3.53. The summed E-state index contributed by atoms with van der Waals surface area (Å²) in [6.07, 6.45) is 0. The van der Waals surface area contributed by atoms with E-state index in [0.29, 0.717) is 12.3 Å². The summed E-state index contributed by atoms with van der Waals surface area (Å²) < 4.78 is 0. The van der Waals surface area contributed by atoms with Crippen LogP contribution in [0.5, 0.6) is 5.75 Å². The lowest BCUT2D eigenvalue weighted by Gasteiger charge is -2.24. The highest BCUT2D eigenvalue weighted by molar-refractivity contribution is 5.49. The molecule has 0 bridgehead atoms. The molecule has 0 aromatic heterocycles. The Balaban J connectivity index is 2.27. The molecule has 20 heavy (non-hydrogen) atoms. The number of aromatic hydroxyl groups is 1. The Labute approximate surface area is 121 Å². The highest BCUT2D eigenvalue weighted by Crippen LogP contribution is 2.33. The van der Waals surface area contributed by atoms with Gasteiger partial charge in [0, 0.05) is 24.8 Å². The zero-order chi connectivity index (χ0) is 14.8. The average molecular weight is 269 g/mol. The van der Waals surface area contributed by atoms with Crippen molar-refractivity contribution in [3.8, 4) is 5.75 Å². The van der Waals surface area contributed by atoms with Gasteiger partial charge in [-0.25, -0.2) is 0 Å². The number of anilines is 1. The standard InChI is InChI=1S/C18H23NO/c1-18(2,3)16-12-8-9-14(17(16)20)13-19(4)15-10-6-5-7-11-15/h5-12,20H,13H2,1-4H3. The molecule has 2 aromatic carbocycles. The van der Waals surface area contributed by atoms with Gasteiger partial charge in [-0.15, -0.1) is 0 Å². The number of hydrogen-bond acceptors (Lipinski definition) is 2. The van der Waals surface area contributed by atoms with E-state index in [0.717, 1.165) is 16.8 Å². The van der Waals surface area contributed by atoms with Gasteiger partial charge in [0.2, 0.25) is 0 Å². The first kappa shape index (κ1) is 14.4. The van der Waals surface area contributed by atoms with E-state index in [2.05, 4.69) is 37.8 Å². The van der Waals surface area contributed by atoms with E-state index in [1.54, 1.807) is 0 Å². The normalized spacial score (nSPS) is 11.4. The van der Waals surface area contributed by atoms with Crippen LogP contribution in [-0.4, -0.2) is 12.2 Å². The summed E-state index contributed by atoms with van der Waals surface area (Å²) >= 11 is 0. The van der Waals surface area contributed by atoms with Crippen LogP contribution >= 0.6 is 0 Å². The van der Waals surface area contributed by atoms with E-state index >= 15 is 0 Å². The molecule has 0 fully saturated rings. The number of nitrogens with zero attached hydrogens (tertiary/aromatic N) is 1. The molecule has 0 aliphatic carbocycles. The molecule has 0 spiro atoms. The molecular weight excluding hydrogens is 246 g/mol. The van der Waals surface area contributed by atoms with Crippen molar-refractivity contribution in [2.75, 3.05) is 11.9 Å². The van der Waals surface area contributed by atoms with Crippen LogP contribution in [0.1, 0.15) is 31.9 Å². The molecule has 0 saturated heterocycles. The highest BCUT2D eigenvalue weighted by Gasteiger charge is 2.20. The average Bonchev–Trinajstić information content (AvgIpc) is 2.40. The SMILES string of the molecule is CN(Cc1cccc(C(C)(C)C)c1O)c1ccccc1. The third-order valence-corrected chi connectivity index (χ3v) is 3.53. The van der Waals surface area contributed by atoms with Crippen LogP contribution in [0.2, 0.25) is 0 Å². The van der Waals surface area contributed by atoms with Gasteiger partial charge in [-0.05, 0) is 23.1 Å². The van der Waals surface area contributed by atoms with E-state index in [1.165, 1.54) is 0 Å². The Morgan fingerprint density at radius 3 is 2.20 bits per heavy atom. The van der Waals surface area contributed by atoms with Crippen LogP contribution in [0, 0.1) is 0 Å². The first-order chi connectivity index (χ1) is 9.39. The molecule has 0 atom stereocenters. The summed E-state index contributed by atoms with van der Waals surface area (Å²) in [5.74, 6) is 0.419. The van der Waals surface area contributed by atoms with Gasteiger partial charge >= 0.3 is 0 Å². The van der Waals surface area contributed by atoms with Crippen LogP contribution in [0.4, 0.5) is 5.69 Å². The predicted molar refractivity (Wildman–Crippen MR) is 85.4 cm³/mol. The van der Waals surface area contributed by atoms with Gasteiger partial charge in [-0.2, -0.15) is 0 Å². The molecular formula is C18H23NO. The maximum absolute atomic E-state index is 10.5. The zero-order valence-corrected chi connectivity index (χ0v) is 12.7. The Kier molecular flexibility index (Phi) is 4.03. The summed E-state index contributed by atoms with van der Waals surface area (Å²) in [7, 11) is 2.04. The molecule has 2 rings (SSSR count). The van der Waals surface area contributed by atoms with Crippen LogP contribution in [-0.2, 0) is 12.0 Å². The summed E-state index contributed by atoms with van der Waals surface area (Å²) in [4.78, 5) is 2.14. The maximum atomic E-state index is 10.5. The second-order valence-electron chi connectivity index (χ2n) is 6.25. The molecule has 0 amide bonds. The zero-order valence-electron chi connectivity index (χ0n) is 12.7. The lowest BCUT2D eigenvalue weighted by molar-refractivity contribution is 0.440. The number of para-hydroxylation sites is 2. The van der Waals surface area contributed by atoms with Crippen molar-refractivity contribution >= 4 is 5.69 Å². The Morgan fingerprint density at radius 2 is 1.60 bits per heavy atom. The van der Waals surface area contributed by atoms with Crippen LogP contribution < -0.4 is 4.90 Å². The van der Waals surface area contributed by atoms with Crippen molar-refractivity contribution in [1.29, 1.82) is 0 Å². The van der Waals surface area contributed by atoms with Gasteiger partial charge in [0.05, 0.1) is 0 Å². The first-order valence-electron chi connectivity index (χ1n) is 6.97.